The summed E-state index contributed by atoms with van der Waals surface area (Å²) in [5, 5.41) is 17.8. The number of carboxylic acid groups (broad SMARTS) is 2. The number of rotatable bonds is 3. The van der Waals surface area contributed by atoms with E-state index in [1.54, 1.807) is 0 Å². The molecular formula is C9H7BrO5. The van der Waals surface area contributed by atoms with Crippen molar-refractivity contribution in [3.05, 3.63) is 27.7 Å². The van der Waals surface area contributed by atoms with Gasteiger partial charge >= 0.3 is 11.9 Å². The van der Waals surface area contributed by atoms with Crippen LogP contribution < -0.4 is 4.74 Å². The van der Waals surface area contributed by atoms with E-state index in [2.05, 4.69) is 15.9 Å². The van der Waals surface area contributed by atoms with E-state index in [1.807, 2.05) is 0 Å². The molecular weight excluding hydrogens is 268 g/mol. The Morgan fingerprint density at radius 2 is 1.73 bits per heavy atom. The van der Waals surface area contributed by atoms with Gasteiger partial charge in [0.1, 0.15) is 11.3 Å². The molecule has 0 bridgehead atoms. The Morgan fingerprint density at radius 3 is 2.13 bits per heavy atom. The zero-order valence-electron chi connectivity index (χ0n) is 7.65. The summed E-state index contributed by atoms with van der Waals surface area (Å²) < 4.78 is 4.99. The lowest BCUT2D eigenvalue weighted by Gasteiger charge is -2.09. The molecule has 0 aliphatic rings. The fraction of sp³-hybridized carbons (Fsp3) is 0.111. The summed E-state index contributed by atoms with van der Waals surface area (Å²) in [6, 6.07) is 2.81. The zero-order valence-corrected chi connectivity index (χ0v) is 9.24. The number of hydrogen-bond acceptors (Lipinski definition) is 3. The minimum absolute atomic E-state index is 0.0168. The third-order valence-electron chi connectivity index (χ3n) is 1.76. The van der Waals surface area contributed by atoms with Crippen LogP contribution in [0, 0.1) is 0 Å². The first-order chi connectivity index (χ1) is 6.99. The molecule has 1 aromatic carbocycles. The number of ether oxygens (including phenoxy) is 1. The van der Waals surface area contributed by atoms with Crippen LogP contribution in [0.25, 0.3) is 0 Å². The first-order valence-electron chi connectivity index (χ1n) is 3.82. The van der Waals surface area contributed by atoms with Crippen LogP contribution in [-0.2, 0) is 0 Å². The van der Waals surface area contributed by atoms with Crippen LogP contribution in [0.4, 0.5) is 0 Å². The third kappa shape index (κ3) is 2.10. The number of carboxylic acids is 2. The van der Waals surface area contributed by atoms with Crippen LogP contribution in [0.3, 0.4) is 0 Å². The van der Waals surface area contributed by atoms with Gasteiger partial charge in [-0.1, -0.05) is 0 Å². The van der Waals surface area contributed by atoms with E-state index in [1.165, 1.54) is 19.2 Å². The van der Waals surface area contributed by atoms with E-state index in [9.17, 15) is 9.59 Å². The minimum atomic E-state index is -1.34. The van der Waals surface area contributed by atoms with Gasteiger partial charge in [0.2, 0.25) is 0 Å². The second-order valence-electron chi connectivity index (χ2n) is 2.61. The monoisotopic (exact) mass is 274 g/mol. The van der Waals surface area contributed by atoms with Gasteiger partial charge < -0.3 is 14.9 Å². The molecule has 6 heteroatoms. The maximum atomic E-state index is 10.9. The number of benzene rings is 1. The summed E-state index contributed by atoms with van der Waals surface area (Å²) in [6.07, 6.45) is 0. The largest absolute Gasteiger partial charge is 0.496 e. The molecule has 0 fully saturated rings. The van der Waals surface area contributed by atoms with Crippen molar-refractivity contribution in [1.29, 1.82) is 0 Å². The summed E-state index contributed by atoms with van der Waals surface area (Å²) in [6.45, 7) is 0. The topological polar surface area (TPSA) is 83.8 Å². The molecule has 80 valence electrons. The van der Waals surface area contributed by atoms with Crippen molar-refractivity contribution < 1.29 is 24.5 Å². The number of carbonyl (C=O) groups is 2. The molecule has 0 saturated heterocycles. The van der Waals surface area contributed by atoms with Crippen molar-refractivity contribution in [3.8, 4) is 5.75 Å². The van der Waals surface area contributed by atoms with Crippen LogP contribution in [0.2, 0.25) is 0 Å². The highest BCUT2D eigenvalue weighted by molar-refractivity contribution is 9.10. The van der Waals surface area contributed by atoms with Gasteiger partial charge in [-0.25, -0.2) is 9.59 Å². The standard InChI is InChI=1S/C9H7BrO5/c1-15-5-3-2-4(10)6(8(11)12)7(5)9(13)14/h2-3H,1H3,(H,11,12)(H,13,14). The fourth-order valence-electron chi connectivity index (χ4n) is 1.15. The molecule has 0 aliphatic carbocycles. The molecule has 0 spiro atoms. The minimum Gasteiger partial charge on any atom is -0.496 e. The predicted molar refractivity (Wildman–Crippen MR) is 54.6 cm³/mol. The summed E-state index contributed by atoms with van der Waals surface area (Å²) in [4.78, 5) is 21.8. The number of halogens is 1. The highest BCUT2D eigenvalue weighted by atomic mass is 79.9. The van der Waals surface area contributed by atoms with Crippen molar-refractivity contribution in [2.75, 3.05) is 7.11 Å². The number of aromatic carboxylic acids is 2. The molecule has 0 heterocycles. The number of methoxy groups -OCH3 is 1. The molecule has 0 amide bonds. The Morgan fingerprint density at radius 1 is 1.20 bits per heavy atom. The molecule has 2 N–H and O–H groups in total. The fourth-order valence-corrected chi connectivity index (χ4v) is 1.65. The van der Waals surface area contributed by atoms with E-state index in [0.717, 1.165) is 0 Å². The maximum absolute atomic E-state index is 10.9. The van der Waals surface area contributed by atoms with Crippen LogP contribution in [-0.4, -0.2) is 29.3 Å². The summed E-state index contributed by atoms with van der Waals surface area (Å²) in [5.41, 5.74) is -0.679. The van der Waals surface area contributed by atoms with E-state index in [-0.39, 0.29) is 21.3 Å². The molecule has 0 aromatic heterocycles. The van der Waals surface area contributed by atoms with Crippen LogP contribution >= 0.6 is 15.9 Å². The Labute approximate surface area is 93.4 Å². The van der Waals surface area contributed by atoms with Crippen LogP contribution in [0.15, 0.2) is 16.6 Å². The molecule has 0 atom stereocenters. The van der Waals surface area contributed by atoms with Gasteiger partial charge in [0.25, 0.3) is 0 Å². The first-order valence-corrected chi connectivity index (χ1v) is 4.61. The lowest BCUT2D eigenvalue weighted by molar-refractivity contribution is 0.0647. The van der Waals surface area contributed by atoms with E-state index < -0.39 is 11.9 Å². The number of hydrogen-bond donors (Lipinski definition) is 2. The summed E-state index contributed by atoms with van der Waals surface area (Å²) in [5.74, 6) is -2.65. The third-order valence-corrected chi connectivity index (χ3v) is 2.42. The molecule has 1 aromatic rings. The van der Waals surface area contributed by atoms with Gasteiger partial charge in [-0.2, -0.15) is 0 Å². The molecule has 1 rings (SSSR count). The highest BCUT2D eigenvalue weighted by Crippen LogP contribution is 2.29. The van der Waals surface area contributed by atoms with Gasteiger partial charge in [-0.15, -0.1) is 0 Å². The maximum Gasteiger partial charge on any atom is 0.340 e. The molecule has 15 heavy (non-hydrogen) atoms. The Bertz CT molecular complexity index is 427. The summed E-state index contributed by atoms with van der Waals surface area (Å²) in [7, 11) is 1.28. The van der Waals surface area contributed by atoms with Gasteiger partial charge in [0.15, 0.2) is 0 Å². The molecule has 0 unspecified atom stereocenters. The highest BCUT2D eigenvalue weighted by Gasteiger charge is 2.23. The van der Waals surface area contributed by atoms with Crippen molar-refractivity contribution in [1.82, 2.24) is 0 Å². The lowest BCUT2D eigenvalue weighted by Crippen LogP contribution is -2.10. The Kier molecular flexibility index (Phi) is 3.31. The second-order valence-corrected chi connectivity index (χ2v) is 3.46. The molecule has 5 nitrogen and oxygen atoms in total. The van der Waals surface area contributed by atoms with Crippen LogP contribution in [0.1, 0.15) is 20.7 Å². The normalized spacial score (nSPS) is 9.73. The first kappa shape index (κ1) is 11.5. The van der Waals surface area contributed by atoms with Gasteiger partial charge in [0, 0.05) is 4.47 Å². The molecule has 0 radical (unpaired) electrons. The Hall–Kier alpha value is -1.56. The second kappa shape index (κ2) is 4.31. The van der Waals surface area contributed by atoms with E-state index >= 15 is 0 Å². The average molecular weight is 275 g/mol. The predicted octanol–water partition coefficient (Wildman–Crippen LogP) is 1.85. The van der Waals surface area contributed by atoms with Gasteiger partial charge in [0.05, 0.1) is 12.7 Å². The van der Waals surface area contributed by atoms with Crippen molar-refractivity contribution in [2.24, 2.45) is 0 Å². The molecule has 0 saturated carbocycles. The lowest BCUT2D eigenvalue weighted by atomic mass is 10.1. The van der Waals surface area contributed by atoms with Gasteiger partial charge in [-0.05, 0) is 28.1 Å². The molecule has 0 aliphatic heterocycles. The smallest absolute Gasteiger partial charge is 0.340 e. The van der Waals surface area contributed by atoms with E-state index in [0.29, 0.717) is 0 Å². The van der Waals surface area contributed by atoms with Gasteiger partial charge in [-0.3, -0.25) is 0 Å². The quantitative estimate of drug-likeness (QED) is 0.879. The van der Waals surface area contributed by atoms with Crippen molar-refractivity contribution in [2.45, 2.75) is 0 Å². The Balaban J connectivity index is 3.58. The zero-order chi connectivity index (χ0) is 11.6. The summed E-state index contributed by atoms with van der Waals surface area (Å²) >= 11 is 2.98. The van der Waals surface area contributed by atoms with Crippen LogP contribution in [0.5, 0.6) is 5.75 Å². The SMILES string of the molecule is COc1ccc(Br)c(C(=O)O)c1C(=O)O. The van der Waals surface area contributed by atoms with Crippen molar-refractivity contribution >= 4 is 27.9 Å². The van der Waals surface area contributed by atoms with Crippen molar-refractivity contribution in [3.63, 3.8) is 0 Å². The average Bonchev–Trinajstić information content (AvgIpc) is 2.16. The van der Waals surface area contributed by atoms with E-state index in [4.69, 9.17) is 14.9 Å².